The maximum atomic E-state index is 12.5. The van der Waals surface area contributed by atoms with Crippen molar-refractivity contribution < 1.29 is 18.0 Å². The molecular formula is C15H23F3N4O. The minimum Gasteiger partial charge on any atom is -0.341 e. The molecular weight excluding hydrogens is 309 g/mol. The van der Waals surface area contributed by atoms with Gasteiger partial charge in [-0.2, -0.15) is 13.2 Å². The van der Waals surface area contributed by atoms with Gasteiger partial charge in [0.2, 0.25) is 5.91 Å². The van der Waals surface area contributed by atoms with Crippen molar-refractivity contribution in [1.29, 1.82) is 0 Å². The van der Waals surface area contributed by atoms with E-state index in [-0.39, 0.29) is 18.7 Å². The molecule has 0 aliphatic carbocycles. The van der Waals surface area contributed by atoms with Crippen LogP contribution in [0.1, 0.15) is 25.1 Å². The molecule has 1 atom stereocenters. The average molecular weight is 332 g/mol. The number of alkyl halides is 3. The normalized spacial score (nSPS) is 19.4. The van der Waals surface area contributed by atoms with Crippen molar-refractivity contribution in [3.05, 3.63) is 18.2 Å². The summed E-state index contributed by atoms with van der Waals surface area (Å²) in [5.41, 5.74) is 0. The van der Waals surface area contributed by atoms with Gasteiger partial charge in [0, 0.05) is 44.4 Å². The number of likely N-dealkylation sites (tertiary alicyclic amines) is 1. The van der Waals surface area contributed by atoms with Crippen LogP contribution in [-0.4, -0.2) is 64.7 Å². The number of halogens is 3. The van der Waals surface area contributed by atoms with E-state index in [9.17, 15) is 18.0 Å². The van der Waals surface area contributed by atoms with E-state index in [2.05, 4.69) is 9.88 Å². The Hall–Kier alpha value is -1.57. The van der Waals surface area contributed by atoms with Crippen molar-refractivity contribution in [2.45, 2.75) is 44.4 Å². The Bertz CT molecular complexity index is 527. The van der Waals surface area contributed by atoms with Gasteiger partial charge in [0.05, 0.1) is 0 Å². The Kier molecular flexibility index (Phi) is 5.67. The van der Waals surface area contributed by atoms with Crippen molar-refractivity contribution >= 4 is 5.91 Å². The number of carbonyl (C=O) groups excluding carboxylic acids is 1. The van der Waals surface area contributed by atoms with Gasteiger partial charge in [-0.1, -0.05) is 0 Å². The molecule has 2 rings (SSSR count). The van der Waals surface area contributed by atoms with E-state index in [4.69, 9.17) is 0 Å². The zero-order valence-corrected chi connectivity index (χ0v) is 13.5. The number of rotatable bonds is 5. The van der Waals surface area contributed by atoms with Gasteiger partial charge in [-0.25, -0.2) is 4.98 Å². The molecule has 0 saturated carbocycles. The van der Waals surface area contributed by atoms with E-state index in [0.717, 1.165) is 24.0 Å². The third kappa shape index (κ3) is 5.23. The van der Waals surface area contributed by atoms with Gasteiger partial charge in [0.1, 0.15) is 12.4 Å². The van der Waals surface area contributed by atoms with Crippen LogP contribution in [0.3, 0.4) is 0 Å². The Labute approximate surface area is 134 Å². The third-order valence-electron chi connectivity index (χ3n) is 4.19. The second kappa shape index (κ2) is 7.33. The van der Waals surface area contributed by atoms with Crippen molar-refractivity contribution in [3.63, 3.8) is 0 Å². The molecule has 1 aromatic heterocycles. The van der Waals surface area contributed by atoms with Crippen LogP contribution in [0.4, 0.5) is 13.2 Å². The van der Waals surface area contributed by atoms with Gasteiger partial charge in [-0.3, -0.25) is 4.79 Å². The summed E-state index contributed by atoms with van der Waals surface area (Å²) >= 11 is 0. The third-order valence-corrected chi connectivity index (χ3v) is 4.19. The minimum atomic E-state index is -4.29. The lowest BCUT2D eigenvalue weighted by atomic mass is 10.0. The first-order valence-electron chi connectivity index (χ1n) is 7.77. The molecule has 1 aliphatic rings. The standard InChI is InChI=1S/C15H23F3N4O/c1-20(2)12-4-3-8-21(10-12)14(23)6-5-13-19-7-9-22(13)11-15(16,17)18/h7,9,12H,3-6,8,10-11H2,1-2H3/t12-/m0/s1. The number of nitrogens with zero attached hydrogens (tertiary/aromatic N) is 4. The smallest absolute Gasteiger partial charge is 0.341 e. The summed E-state index contributed by atoms with van der Waals surface area (Å²) < 4.78 is 38.5. The summed E-state index contributed by atoms with van der Waals surface area (Å²) in [6.45, 7) is 0.339. The number of hydrogen-bond donors (Lipinski definition) is 0. The zero-order chi connectivity index (χ0) is 17.0. The monoisotopic (exact) mass is 332 g/mol. The topological polar surface area (TPSA) is 41.4 Å². The molecule has 0 N–H and O–H groups in total. The fourth-order valence-corrected chi connectivity index (χ4v) is 2.88. The van der Waals surface area contributed by atoms with Crippen molar-refractivity contribution in [2.24, 2.45) is 0 Å². The predicted molar refractivity (Wildman–Crippen MR) is 79.9 cm³/mol. The van der Waals surface area contributed by atoms with Crippen LogP contribution in [-0.2, 0) is 17.8 Å². The highest BCUT2D eigenvalue weighted by atomic mass is 19.4. The van der Waals surface area contributed by atoms with Gasteiger partial charge in [0.25, 0.3) is 0 Å². The molecule has 1 fully saturated rings. The van der Waals surface area contributed by atoms with E-state index >= 15 is 0 Å². The lowest BCUT2D eigenvalue weighted by molar-refractivity contribution is -0.141. The molecule has 0 radical (unpaired) electrons. The van der Waals surface area contributed by atoms with Gasteiger partial charge < -0.3 is 14.4 Å². The molecule has 1 saturated heterocycles. The summed E-state index contributed by atoms with van der Waals surface area (Å²) in [7, 11) is 3.99. The van der Waals surface area contributed by atoms with Gasteiger partial charge in [-0.05, 0) is 26.9 Å². The van der Waals surface area contributed by atoms with Gasteiger partial charge in [-0.15, -0.1) is 0 Å². The lowest BCUT2D eigenvalue weighted by Gasteiger charge is -2.36. The maximum absolute atomic E-state index is 12.5. The molecule has 0 unspecified atom stereocenters. The highest BCUT2D eigenvalue weighted by Gasteiger charge is 2.29. The molecule has 2 heterocycles. The highest BCUT2D eigenvalue weighted by molar-refractivity contribution is 5.76. The number of aromatic nitrogens is 2. The van der Waals surface area contributed by atoms with E-state index < -0.39 is 12.7 Å². The molecule has 130 valence electrons. The Morgan fingerprint density at radius 2 is 2.17 bits per heavy atom. The van der Waals surface area contributed by atoms with Crippen molar-refractivity contribution in [3.8, 4) is 0 Å². The maximum Gasteiger partial charge on any atom is 0.406 e. The summed E-state index contributed by atoms with van der Waals surface area (Å²) in [6, 6.07) is 0.347. The van der Waals surface area contributed by atoms with Crippen LogP contribution in [0, 0.1) is 0 Å². The number of hydrogen-bond acceptors (Lipinski definition) is 3. The fourth-order valence-electron chi connectivity index (χ4n) is 2.88. The summed E-state index contributed by atoms with van der Waals surface area (Å²) in [5.74, 6) is 0.287. The lowest BCUT2D eigenvalue weighted by Crippen LogP contribution is -2.47. The van der Waals surface area contributed by atoms with Gasteiger partial charge in [0.15, 0.2) is 0 Å². The summed E-state index contributed by atoms with van der Waals surface area (Å²) in [4.78, 5) is 20.2. The predicted octanol–water partition coefficient (Wildman–Crippen LogP) is 1.93. The summed E-state index contributed by atoms with van der Waals surface area (Å²) in [6.07, 6.45) is 0.792. The molecule has 0 aromatic carbocycles. The molecule has 8 heteroatoms. The van der Waals surface area contributed by atoms with Crippen LogP contribution >= 0.6 is 0 Å². The van der Waals surface area contributed by atoms with E-state index in [1.807, 2.05) is 19.0 Å². The van der Waals surface area contributed by atoms with Gasteiger partial charge >= 0.3 is 6.18 Å². The Morgan fingerprint density at radius 3 is 2.83 bits per heavy atom. The number of likely N-dealkylation sites (N-methyl/N-ethyl adjacent to an activating group) is 1. The average Bonchev–Trinajstić information content (AvgIpc) is 2.90. The number of aryl methyl sites for hydroxylation is 1. The number of amides is 1. The quantitative estimate of drug-likeness (QED) is 0.827. The van der Waals surface area contributed by atoms with Crippen LogP contribution in [0.15, 0.2) is 12.4 Å². The van der Waals surface area contributed by atoms with E-state index in [0.29, 0.717) is 18.4 Å². The van der Waals surface area contributed by atoms with Crippen molar-refractivity contribution in [1.82, 2.24) is 19.4 Å². The molecule has 5 nitrogen and oxygen atoms in total. The molecule has 23 heavy (non-hydrogen) atoms. The summed E-state index contributed by atoms with van der Waals surface area (Å²) in [5, 5.41) is 0. The molecule has 0 spiro atoms. The SMILES string of the molecule is CN(C)[C@H]1CCCN(C(=O)CCc2nccn2CC(F)(F)F)C1. The highest BCUT2D eigenvalue weighted by Crippen LogP contribution is 2.19. The molecule has 1 amide bonds. The fraction of sp³-hybridized carbons (Fsp3) is 0.733. The zero-order valence-electron chi connectivity index (χ0n) is 13.5. The second-order valence-electron chi connectivity index (χ2n) is 6.19. The largest absolute Gasteiger partial charge is 0.406 e. The Morgan fingerprint density at radius 1 is 1.43 bits per heavy atom. The Balaban J connectivity index is 1.88. The van der Waals surface area contributed by atoms with Crippen LogP contribution < -0.4 is 0 Å². The number of carbonyl (C=O) groups is 1. The number of imidazole rings is 1. The van der Waals surface area contributed by atoms with E-state index in [1.165, 1.54) is 12.4 Å². The first-order chi connectivity index (χ1) is 10.8. The number of piperidine rings is 1. The van der Waals surface area contributed by atoms with Crippen LogP contribution in [0.2, 0.25) is 0 Å². The van der Waals surface area contributed by atoms with Crippen LogP contribution in [0.5, 0.6) is 0 Å². The first-order valence-corrected chi connectivity index (χ1v) is 7.77. The molecule has 0 bridgehead atoms. The molecule has 1 aromatic rings. The van der Waals surface area contributed by atoms with E-state index in [1.54, 1.807) is 0 Å². The van der Waals surface area contributed by atoms with Crippen molar-refractivity contribution in [2.75, 3.05) is 27.2 Å². The first kappa shape index (κ1) is 17.8. The minimum absolute atomic E-state index is 0.0156. The van der Waals surface area contributed by atoms with Crippen LogP contribution in [0.25, 0.3) is 0 Å². The molecule has 1 aliphatic heterocycles. The second-order valence-corrected chi connectivity index (χ2v) is 6.19.